The molecule has 5 nitrogen and oxygen atoms in total. The fourth-order valence-electron chi connectivity index (χ4n) is 2.38. The molecule has 0 radical (unpaired) electrons. The van der Waals surface area contributed by atoms with E-state index in [0.717, 1.165) is 12.0 Å². The Bertz CT molecular complexity index is 536. The molecule has 1 fully saturated rings. The normalized spacial score (nSPS) is 16.2. The van der Waals surface area contributed by atoms with Crippen LogP contribution in [-0.4, -0.2) is 29.1 Å². The van der Waals surface area contributed by atoms with E-state index in [4.69, 9.17) is 0 Å². The fourth-order valence-corrected chi connectivity index (χ4v) is 2.38. The Labute approximate surface area is 124 Å². The molecule has 0 heterocycles. The van der Waals surface area contributed by atoms with Gasteiger partial charge in [0, 0.05) is 12.2 Å². The van der Waals surface area contributed by atoms with Crippen LogP contribution in [0.4, 0.5) is 5.69 Å². The number of carbonyl (C=O) groups is 2. The van der Waals surface area contributed by atoms with Crippen molar-refractivity contribution in [2.45, 2.75) is 44.6 Å². The summed E-state index contributed by atoms with van der Waals surface area (Å²) in [6.07, 6.45) is 2.30. The Morgan fingerprint density at radius 1 is 1.24 bits per heavy atom. The van der Waals surface area contributed by atoms with Gasteiger partial charge in [-0.25, -0.2) is 0 Å². The van der Waals surface area contributed by atoms with E-state index in [1.54, 1.807) is 6.07 Å². The van der Waals surface area contributed by atoms with Gasteiger partial charge in [-0.15, -0.1) is 0 Å². The summed E-state index contributed by atoms with van der Waals surface area (Å²) in [5.41, 5.74) is 0.803. The van der Waals surface area contributed by atoms with Crippen LogP contribution in [0.1, 0.15) is 44.6 Å². The predicted octanol–water partition coefficient (Wildman–Crippen LogP) is 1.78. The zero-order valence-corrected chi connectivity index (χ0v) is 12.5. The van der Waals surface area contributed by atoms with Gasteiger partial charge in [0.15, 0.2) is 0 Å². The highest BCUT2D eigenvalue weighted by atomic mass is 16.3. The van der Waals surface area contributed by atoms with Crippen LogP contribution in [0.5, 0.6) is 0 Å². The third kappa shape index (κ3) is 3.82. The van der Waals surface area contributed by atoms with Gasteiger partial charge in [0.25, 0.3) is 0 Å². The molecular formula is C16H22N2O3. The van der Waals surface area contributed by atoms with Gasteiger partial charge in [0.1, 0.15) is 0 Å². The largest absolute Gasteiger partial charge is 0.388 e. The second-order valence-corrected chi connectivity index (χ2v) is 5.96. The van der Waals surface area contributed by atoms with E-state index in [2.05, 4.69) is 10.6 Å². The SMILES string of the molecule is CC(C)c1ccccc1NC(=O)C(=O)NCC1(O)CCC1. The summed E-state index contributed by atoms with van der Waals surface area (Å²) in [4.78, 5) is 23.7. The van der Waals surface area contributed by atoms with Crippen molar-refractivity contribution < 1.29 is 14.7 Å². The number of aliphatic hydroxyl groups is 1. The molecule has 0 atom stereocenters. The molecule has 1 aliphatic rings. The molecule has 5 heteroatoms. The molecule has 1 aliphatic carbocycles. The molecule has 0 saturated heterocycles. The summed E-state index contributed by atoms with van der Waals surface area (Å²) in [5.74, 6) is -1.17. The lowest BCUT2D eigenvalue weighted by molar-refractivity contribution is -0.137. The van der Waals surface area contributed by atoms with Crippen molar-refractivity contribution in [1.82, 2.24) is 5.32 Å². The zero-order valence-electron chi connectivity index (χ0n) is 12.5. The number of hydrogen-bond donors (Lipinski definition) is 3. The van der Waals surface area contributed by atoms with Crippen LogP contribution in [0, 0.1) is 0 Å². The standard InChI is InChI=1S/C16H22N2O3/c1-11(2)12-6-3-4-7-13(12)18-15(20)14(19)17-10-16(21)8-5-9-16/h3-4,6-7,11,21H,5,8-10H2,1-2H3,(H,17,19)(H,18,20). The van der Waals surface area contributed by atoms with Gasteiger partial charge >= 0.3 is 11.8 Å². The van der Waals surface area contributed by atoms with Crippen molar-refractivity contribution in [3.63, 3.8) is 0 Å². The molecule has 0 aliphatic heterocycles. The van der Waals surface area contributed by atoms with Gasteiger partial charge in [0.05, 0.1) is 5.60 Å². The molecule has 3 N–H and O–H groups in total. The summed E-state index contributed by atoms with van der Waals surface area (Å²) >= 11 is 0. The molecule has 1 aromatic rings. The Hall–Kier alpha value is -1.88. The van der Waals surface area contributed by atoms with Crippen molar-refractivity contribution >= 4 is 17.5 Å². The highest BCUT2D eigenvalue weighted by Crippen LogP contribution is 2.30. The minimum atomic E-state index is -0.828. The molecule has 21 heavy (non-hydrogen) atoms. The number of hydrogen-bond acceptors (Lipinski definition) is 3. The lowest BCUT2D eigenvalue weighted by Crippen LogP contribution is -2.49. The Kier molecular flexibility index (Phi) is 4.63. The van der Waals surface area contributed by atoms with Crippen LogP contribution >= 0.6 is 0 Å². The number of carbonyl (C=O) groups excluding carboxylic acids is 2. The molecule has 114 valence electrons. The minimum Gasteiger partial charge on any atom is -0.388 e. The van der Waals surface area contributed by atoms with Crippen LogP contribution in [-0.2, 0) is 9.59 Å². The first-order chi connectivity index (χ1) is 9.91. The molecule has 0 bridgehead atoms. The maximum Gasteiger partial charge on any atom is 0.313 e. The maximum absolute atomic E-state index is 11.9. The number of anilines is 1. The van der Waals surface area contributed by atoms with Crippen LogP contribution in [0.15, 0.2) is 24.3 Å². The smallest absolute Gasteiger partial charge is 0.313 e. The first kappa shape index (κ1) is 15.5. The summed E-state index contributed by atoms with van der Waals surface area (Å²) < 4.78 is 0. The van der Waals surface area contributed by atoms with Gasteiger partial charge in [-0.05, 0) is 36.8 Å². The van der Waals surface area contributed by atoms with E-state index < -0.39 is 17.4 Å². The summed E-state index contributed by atoms with van der Waals surface area (Å²) in [7, 11) is 0. The molecule has 0 spiro atoms. The first-order valence-electron chi connectivity index (χ1n) is 7.32. The maximum atomic E-state index is 11.9. The molecule has 1 aromatic carbocycles. The van der Waals surface area contributed by atoms with Gasteiger partial charge in [-0.3, -0.25) is 9.59 Å². The van der Waals surface area contributed by atoms with Gasteiger partial charge in [0.2, 0.25) is 0 Å². The molecule has 2 amide bonds. The van der Waals surface area contributed by atoms with E-state index in [0.29, 0.717) is 18.5 Å². The highest BCUT2D eigenvalue weighted by Gasteiger charge is 2.35. The van der Waals surface area contributed by atoms with Crippen LogP contribution < -0.4 is 10.6 Å². The lowest BCUT2D eigenvalue weighted by atomic mass is 9.80. The number of benzene rings is 1. The molecule has 0 aromatic heterocycles. The van der Waals surface area contributed by atoms with Crippen LogP contribution in [0.2, 0.25) is 0 Å². The Morgan fingerprint density at radius 3 is 2.48 bits per heavy atom. The second kappa shape index (κ2) is 6.26. The number of para-hydroxylation sites is 1. The third-order valence-corrected chi connectivity index (χ3v) is 3.90. The third-order valence-electron chi connectivity index (χ3n) is 3.90. The molecule has 2 rings (SSSR count). The van der Waals surface area contributed by atoms with E-state index >= 15 is 0 Å². The second-order valence-electron chi connectivity index (χ2n) is 5.96. The van der Waals surface area contributed by atoms with Crippen molar-refractivity contribution in [3.8, 4) is 0 Å². The molecule has 0 unspecified atom stereocenters. The van der Waals surface area contributed by atoms with E-state index in [1.807, 2.05) is 32.0 Å². The fraction of sp³-hybridized carbons (Fsp3) is 0.500. The number of amides is 2. The average Bonchev–Trinajstić information content (AvgIpc) is 2.43. The van der Waals surface area contributed by atoms with E-state index in [1.165, 1.54) is 0 Å². The van der Waals surface area contributed by atoms with Crippen LogP contribution in [0.3, 0.4) is 0 Å². The minimum absolute atomic E-state index is 0.130. The van der Waals surface area contributed by atoms with Gasteiger partial charge in [-0.1, -0.05) is 32.0 Å². The average molecular weight is 290 g/mol. The lowest BCUT2D eigenvalue weighted by Gasteiger charge is -2.36. The van der Waals surface area contributed by atoms with E-state index in [9.17, 15) is 14.7 Å². The Morgan fingerprint density at radius 2 is 1.90 bits per heavy atom. The monoisotopic (exact) mass is 290 g/mol. The predicted molar refractivity (Wildman–Crippen MR) is 81.0 cm³/mol. The van der Waals surface area contributed by atoms with Gasteiger partial charge in [-0.2, -0.15) is 0 Å². The number of rotatable bonds is 4. The first-order valence-corrected chi connectivity index (χ1v) is 7.32. The van der Waals surface area contributed by atoms with Crippen molar-refractivity contribution in [2.75, 3.05) is 11.9 Å². The topological polar surface area (TPSA) is 78.4 Å². The number of nitrogens with one attached hydrogen (secondary N) is 2. The van der Waals surface area contributed by atoms with Crippen molar-refractivity contribution in [1.29, 1.82) is 0 Å². The van der Waals surface area contributed by atoms with Gasteiger partial charge < -0.3 is 15.7 Å². The Balaban J connectivity index is 1.93. The molecule has 1 saturated carbocycles. The highest BCUT2D eigenvalue weighted by molar-refractivity contribution is 6.39. The van der Waals surface area contributed by atoms with Crippen LogP contribution in [0.25, 0.3) is 0 Å². The summed E-state index contributed by atoms with van der Waals surface area (Å²) in [5, 5.41) is 15.0. The summed E-state index contributed by atoms with van der Waals surface area (Å²) in [6, 6.07) is 7.42. The molecular weight excluding hydrogens is 268 g/mol. The quantitative estimate of drug-likeness (QED) is 0.740. The van der Waals surface area contributed by atoms with Crippen molar-refractivity contribution in [2.24, 2.45) is 0 Å². The zero-order chi connectivity index (χ0) is 15.5. The summed E-state index contributed by atoms with van der Waals surface area (Å²) in [6.45, 7) is 4.18. The van der Waals surface area contributed by atoms with E-state index in [-0.39, 0.29) is 12.5 Å². The van der Waals surface area contributed by atoms with Crippen molar-refractivity contribution in [3.05, 3.63) is 29.8 Å².